The normalized spacial score (nSPS) is 12.0. The SMILES string of the molecule is CCOC(=O)c1cc(Cl)cc(N=CC(C(C)=O)C(=O)OC)c1Cl. The number of nitrogens with zero attached hydrogens (tertiary/aromatic N) is 1. The number of esters is 2. The van der Waals surface area contributed by atoms with Crippen molar-refractivity contribution in [2.24, 2.45) is 10.9 Å². The molecule has 8 heteroatoms. The van der Waals surface area contributed by atoms with Gasteiger partial charge in [0.2, 0.25) is 0 Å². The number of hydrogen-bond donors (Lipinski definition) is 0. The van der Waals surface area contributed by atoms with E-state index in [-0.39, 0.29) is 27.9 Å². The van der Waals surface area contributed by atoms with Crippen LogP contribution >= 0.6 is 23.2 Å². The summed E-state index contributed by atoms with van der Waals surface area (Å²) in [7, 11) is 1.16. The van der Waals surface area contributed by atoms with Crippen molar-refractivity contribution in [2.75, 3.05) is 13.7 Å². The zero-order chi connectivity index (χ0) is 17.6. The van der Waals surface area contributed by atoms with E-state index in [1.807, 2.05) is 0 Å². The van der Waals surface area contributed by atoms with E-state index < -0.39 is 23.6 Å². The van der Waals surface area contributed by atoms with Crippen molar-refractivity contribution in [3.8, 4) is 0 Å². The van der Waals surface area contributed by atoms with Gasteiger partial charge < -0.3 is 9.47 Å². The van der Waals surface area contributed by atoms with Gasteiger partial charge in [-0.25, -0.2) is 4.79 Å². The number of aliphatic imine (C=N–C) groups is 1. The van der Waals surface area contributed by atoms with Gasteiger partial charge in [0.05, 0.1) is 30.0 Å². The third kappa shape index (κ3) is 5.04. The molecule has 0 amide bonds. The minimum Gasteiger partial charge on any atom is -0.468 e. The van der Waals surface area contributed by atoms with E-state index in [0.717, 1.165) is 13.3 Å². The molecule has 0 aliphatic heterocycles. The van der Waals surface area contributed by atoms with Crippen molar-refractivity contribution in [1.82, 2.24) is 0 Å². The average Bonchev–Trinajstić information content (AvgIpc) is 2.49. The molecular formula is C15H15Cl2NO5. The number of rotatable bonds is 6. The van der Waals surface area contributed by atoms with Gasteiger partial charge >= 0.3 is 11.9 Å². The molecule has 0 fully saturated rings. The monoisotopic (exact) mass is 359 g/mol. The molecule has 0 aliphatic carbocycles. The maximum atomic E-state index is 11.8. The van der Waals surface area contributed by atoms with Crippen LogP contribution in [0, 0.1) is 5.92 Å². The van der Waals surface area contributed by atoms with Gasteiger partial charge in [-0.05, 0) is 26.0 Å². The first-order valence-corrected chi connectivity index (χ1v) is 7.36. The summed E-state index contributed by atoms with van der Waals surface area (Å²) in [5.41, 5.74) is 0.183. The molecule has 23 heavy (non-hydrogen) atoms. The van der Waals surface area contributed by atoms with Crippen LogP contribution in [0.2, 0.25) is 10.0 Å². The first-order valence-electron chi connectivity index (χ1n) is 6.60. The Bertz CT molecular complexity index is 658. The quantitative estimate of drug-likeness (QED) is 0.442. The number of carbonyl (C=O) groups is 3. The molecule has 1 aromatic rings. The third-order valence-electron chi connectivity index (χ3n) is 2.77. The van der Waals surface area contributed by atoms with Crippen molar-refractivity contribution in [3.05, 3.63) is 27.7 Å². The maximum Gasteiger partial charge on any atom is 0.339 e. The summed E-state index contributed by atoms with van der Waals surface area (Å²) in [6.07, 6.45) is 1.10. The number of hydrogen-bond acceptors (Lipinski definition) is 6. The van der Waals surface area contributed by atoms with E-state index in [0.29, 0.717) is 0 Å². The summed E-state index contributed by atoms with van der Waals surface area (Å²) < 4.78 is 9.40. The molecule has 0 radical (unpaired) electrons. The zero-order valence-electron chi connectivity index (χ0n) is 12.8. The molecule has 1 unspecified atom stereocenters. The second-order valence-corrected chi connectivity index (χ2v) is 5.21. The van der Waals surface area contributed by atoms with Crippen LogP contribution in [-0.2, 0) is 19.1 Å². The fourth-order valence-electron chi connectivity index (χ4n) is 1.64. The van der Waals surface area contributed by atoms with E-state index in [1.54, 1.807) is 6.92 Å². The molecule has 0 aromatic heterocycles. The Morgan fingerprint density at radius 1 is 1.30 bits per heavy atom. The smallest absolute Gasteiger partial charge is 0.339 e. The van der Waals surface area contributed by atoms with Crippen molar-refractivity contribution in [2.45, 2.75) is 13.8 Å². The molecule has 6 nitrogen and oxygen atoms in total. The molecule has 0 spiro atoms. The van der Waals surface area contributed by atoms with Gasteiger partial charge in [0, 0.05) is 11.2 Å². The maximum absolute atomic E-state index is 11.8. The molecule has 1 atom stereocenters. The van der Waals surface area contributed by atoms with Crippen LogP contribution in [-0.4, -0.2) is 37.7 Å². The first-order chi connectivity index (χ1) is 10.8. The Morgan fingerprint density at radius 2 is 1.96 bits per heavy atom. The Balaban J connectivity index is 3.22. The fourth-order valence-corrected chi connectivity index (χ4v) is 2.09. The number of methoxy groups -OCH3 is 1. The molecule has 1 aromatic carbocycles. The molecule has 0 saturated carbocycles. The first kappa shape index (κ1) is 19.1. The van der Waals surface area contributed by atoms with E-state index in [1.165, 1.54) is 19.1 Å². The second-order valence-electron chi connectivity index (χ2n) is 4.40. The standard InChI is InChI=1S/C15H15Cl2NO5/c1-4-23-15(21)10-5-9(16)6-12(13(10)17)18-7-11(8(2)19)14(20)22-3/h5-7,11H,4H2,1-3H3. The van der Waals surface area contributed by atoms with Crippen LogP contribution in [0.3, 0.4) is 0 Å². The Labute approximate surface area is 143 Å². The number of ether oxygens (including phenoxy) is 2. The van der Waals surface area contributed by atoms with Gasteiger partial charge in [0.1, 0.15) is 5.78 Å². The summed E-state index contributed by atoms with van der Waals surface area (Å²) in [5, 5.41) is 0.221. The van der Waals surface area contributed by atoms with Crippen molar-refractivity contribution in [1.29, 1.82) is 0 Å². The molecule has 124 valence electrons. The summed E-state index contributed by atoms with van der Waals surface area (Å²) in [6.45, 7) is 3.06. The van der Waals surface area contributed by atoms with Crippen molar-refractivity contribution < 1.29 is 23.9 Å². The molecule has 0 N–H and O–H groups in total. The lowest BCUT2D eigenvalue weighted by atomic mass is 10.1. The Morgan fingerprint density at radius 3 is 2.48 bits per heavy atom. The third-order valence-corrected chi connectivity index (χ3v) is 3.38. The second kappa shape index (κ2) is 8.64. The van der Waals surface area contributed by atoms with E-state index in [4.69, 9.17) is 27.9 Å². The van der Waals surface area contributed by atoms with E-state index in [2.05, 4.69) is 9.73 Å². The van der Waals surface area contributed by atoms with Gasteiger partial charge in [0.15, 0.2) is 5.92 Å². The largest absolute Gasteiger partial charge is 0.468 e. The lowest BCUT2D eigenvalue weighted by Crippen LogP contribution is -2.24. The highest BCUT2D eigenvalue weighted by Crippen LogP contribution is 2.32. The highest BCUT2D eigenvalue weighted by molar-refractivity contribution is 6.38. The van der Waals surface area contributed by atoms with Crippen LogP contribution in [0.25, 0.3) is 0 Å². The van der Waals surface area contributed by atoms with Crippen LogP contribution < -0.4 is 0 Å². The lowest BCUT2D eigenvalue weighted by molar-refractivity contribution is -0.145. The van der Waals surface area contributed by atoms with Crippen molar-refractivity contribution in [3.63, 3.8) is 0 Å². The molecular weight excluding hydrogens is 345 g/mol. The molecule has 0 heterocycles. The summed E-state index contributed by atoms with van der Waals surface area (Å²) in [6, 6.07) is 2.75. The van der Waals surface area contributed by atoms with Crippen LogP contribution in [0.15, 0.2) is 17.1 Å². The Hall–Kier alpha value is -1.92. The predicted octanol–water partition coefficient (Wildman–Crippen LogP) is 3.25. The van der Waals surface area contributed by atoms with Gasteiger partial charge in [-0.15, -0.1) is 0 Å². The summed E-state index contributed by atoms with van der Waals surface area (Å²) in [5.74, 6) is -3.00. The average molecular weight is 360 g/mol. The molecule has 0 saturated heterocycles. The molecule has 0 aliphatic rings. The lowest BCUT2D eigenvalue weighted by Gasteiger charge is -2.08. The fraction of sp³-hybridized carbons (Fsp3) is 0.333. The van der Waals surface area contributed by atoms with Crippen molar-refractivity contribution >= 4 is 52.8 Å². The zero-order valence-corrected chi connectivity index (χ0v) is 14.3. The minimum absolute atomic E-state index is 0.0104. The molecule has 1 rings (SSSR count). The van der Waals surface area contributed by atoms with Crippen LogP contribution in [0.5, 0.6) is 0 Å². The van der Waals surface area contributed by atoms with E-state index >= 15 is 0 Å². The summed E-state index contributed by atoms with van der Waals surface area (Å²) >= 11 is 12.0. The number of halogens is 2. The number of Topliss-reactive ketones (excluding diaryl/α,β-unsaturated/α-hetero) is 1. The number of benzene rings is 1. The number of ketones is 1. The van der Waals surface area contributed by atoms with Gasteiger partial charge in [-0.3, -0.25) is 14.6 Å². The topological polar surface area (TPSA) is 82.0 Å². The van der Waals surface area contributed by atoms with Gasteiger partial charge in [0.25, 0.3) is 0 Å². The van der Waals surface area contributed by atoms with Crippen LogP contribution in [0.4, 0.5) is 5.69 Å². The van der Waals surface area contributed by atoms with Gasteiger partial charge in [-0.1, -0.05) is 23.2 Å². The van der Waals surface area contributed by atoms with E-state index in [9.17, 15) is 14.4 Å². The Kier molecular flexibility index (Phi) is 7.19. The minimum atomic E-state index is -1.17. The molecule has 0 bridgehead atoms. The predicted molar refractivity (Wildman–Crippen MR) is 86.8 cm³/mol. The highest BCUT2D eigenvalue weighted by Gasteiger charge is 2.22. The summed E-state index contributed by atoms with van der Waals surface area (Å²) in [4.78, 5) is 38.8. The highest BCUT2D eigenvalue weighted by atomic mass is 35.5. The van der Waals surface area contributed by atoms with Gasteiger partial charge in [-0.2, -0.15) is 0 Å². The van der Waals surface area contributed by atoms with Crippen LogP contribution in [0.1, 0.15) is 24.2 Å². The number of carbonyl (C=O) groups excluding carboxylic acids is 3.